The van der Waals surface area contributed by atoms with Gasteiger partial charge in [-0.15, -0.1) is 0 Å². The first kappa shape index (κ1) is 23.3. The fraction of sp³-hybridized carbons (Fsp3) is 0.417. The summed E-state index contributed by atoms with van der Waals surface area (Å²) in [6.45, 7) is 6.54. The zero-order chi connectivity index (χ0) is 24.6. The summed E-state index contributed by atoms with van der Waals surface area (Å²) >= 11 is 0. The van der Waals surface area contributed by atoms with Gasteiger partial charge in [0.15, 0.2) is 5.82 Å². The third kappa shape index (κ3) is 4.86. The Kier molecular flexibility index (Phi) is 6.18. The van der Waals surface area contributed by atoms with Crippen LogP contribution in [-0.4, -0.2) is 43.6 Å². The van der Waals surface area contributed by atoms with Crippen LogP contribution in [0.3, 0.4) is 0 Å². The zero-order valence-corrected chi connectivity index (χ0v) is 19.5. The molecule has 1 atom stereocenters. The highest BCUT2D eigenvalue weighted by Crippen LogP contribution is 2.37. The molecule has 0 saturated carbocycles. The van der Waals surface area contributed by atoms with E-state index in [0.29, 0.717) is 23.5 Å². The first-order valence-corrected chi connectivity index (χ1v) is 11.7. The van der Waals surface area contributed by atoms with Crippen LogP contribution in [0.2, 0.25) is 0 Å². The summed E-state index contributed by atoms with van der Waals surface area (Å²) in [5, 5.41) is 10.1. The molecule has 0 bridgehead atoms. The van der Waals surface area contributed by atoms with Gasteiger partial charge in [-0.05, 0) is 31.4 Å². The van der Waals surface area contributed by atoms with Gasteiger partial charge in [-0.25, -0.2) is 15.0 Å². The van der Waals surface area contributed by atoms with Gasteiger partial charge in [-0.2, -0.15) is 18.2 Å². The first-order valence-electron chi connectivity index (χ1n) is 11.7. The van der Waals surface area contributed by atoms with Crippen LogP contribution in [0.25, 0.3) is 21.9 Å². The van der Waals surface area contributed by atoms with Gasteiger partial charge >= 0.3 is 6.18 Å². The molecule has 1 aromatic carbocycles. The largest absolute Gasteiger partial charge is 0.421 e. The molecule has 4 aromatic rings. The smallest absolute Gasteiger partial charge is 0.350 e. The molecule has 1 fully saturated rings. The molecule has 5 rings (SSSR count). The van der Waals surface area contributed by atoms with Gasteiger partial charge in [0.25, 0.3) is 0 Å². The Morgan fingerprint density at radius 1 is 1.14 bits per heavy atom. The maximum absolute atomic E-state index is 13.9. The number of rotatable bonds is 6. The average Bonchev–Trinajstić information content (AvgIpc) is 3.23. The van der Waals surface area contributed by atoms with Crippen LogP contribution in [-0.2, 0) is 12.7 Å². The van der Waals surface area contributed by atoms with Crippen molar-refractivity contribution in [1.82, 2.24) is 29.8 Å². The number of aromatic nitrogens is 5. The molecule has 0 radical (unpaired) electrons. The first-order chi connectivity index (χ1) is 16.8. The van der Waals surface area contributed by atoms with Crippen LogP contribution in [0.5, 0.6) is 0 Å². The lowest BCUT2D eigenvalue weighted by Crippen LogP contribution is -2.38. The molecule has 0 unspecified atom stereocenters. The van der Waals surface area contributed by atoms with E-state index in [9.17, 15) is 13.2 Å². The van der Waals surface area contributed by atoms with Crippen LogP contribution >= 0.6 is 0 Å². The van der Waals surface area contributed by atoms with Crippen molar-refractivity contribution < 1.29 is 13.2 Å². The summed E-state index contributed by atoms with van der Waals surface area (Å²) < 4.78 is 43.6. The number of pyridine rings is 1. The van der Waals surface area contributed by atoms with Gasteiger partial charge in [0.2, 0.25) is 5.95 Å². The predicted molar refractivity (Wildman–Crippen MR) is 130 cm³/mol. The summed E-state index contributed by atoms with van der Waals surface area (Å²) in [6, 6.07) is 7.58. The quantitative estimate of drug-likeness (QED) is 0.356. The second-order valence-electron chi connectivity index (χ2n) is 9.23. The van der Waals surface area contributed by atoms with Crippen molar-refractivity contribution >= 4 is 39.5 Å². The lowest BCUT2D eigenvalue weighted by molar-refractivity contribution is -0.137. The molecular formula is C24H27F3N8. The fourth-order valence-electron chi connectivity index (χ4n) is 4.43. The number of fused-ring (bicyclic) bond motifs is 3. The van der Waals surface area contributed by atoms with E-state index in [1.165, 1.54) is 0 Å². The third-order valence-electron chi connectivity index (χ3n) is 5.98. The number of halogens is 3. The third-order valence-corrected chi connectivity index (χ3v) is 5.98. The van der Waals surface area contributed by atoms with Gasteiger partial charge in [0.05, 0.1) is 17.4 Å². The van der Waals surface area contributed by atoms with Crippen LogP contribution in [0.4, 0.5) is 30.8 Å². The minimum atomic E-state index is -4.64. The van der Waals surface area contributed by atoms with Crippen molar-refractivity contribution in [2.45, 2.75) is 45.5 Å². The summed E-state index contributed by atoms with van der Waals surface area (Å²) in [6.07, 6.45) is -0.261. The van der Waals surface area contributed by atoms with Crippen LogP contribution in [0, 0.1) is 5.92 Å². The van der Waals surface area contributed by atoms with Gasteiger partial charge in [-0.1, -0.05) is 32.0 Å². The van der Waals surface area contributed by atoms with Crippen molar-refractivity contribution in [2.75, 3.05) is 23.7 Å². The number of hydrogen-bond acceptors (Lipinski definition) is 7. The SMILES string of the molecule is CC(C)Cn1cnc2c(Nc3nc(N[C@H]4CCCNC4)ncc3C(F)(F)F)nc3ccccc3c21. The van der Waals surface area contributed by atoms with Gasteiger partial charge in [0, 0.05) is 30.7 Å². The van der Waals surface area contributed by atoms with E-state index in [1.807, 2.05) is 28.8 Å². The van der Waals surface area contributed by atoms with Crippen molar-refractivity contribution in [3.05, 3.63) is 42.4 Å². The van der Waals surface area contributed by atoms with Crippen LogP contribution < -0.4 is 16.0 Å². The minimum Gasteiger partial charge on any atom is -0.350 e. The molecule has 0 amide bonds. The van der Waals surface area contributed by atoms with E-state index >= 15 is 0 Å². The van der Waals surface area contributed by atoms with E-state index < -0.39 is 11.7 Å². The molecule has 1 aliphatic heterocycles. The van der Waals surface area contributed by atoms with E-state index in [4.69, 9.17) is 0 Å². The molecule has 4 heterocycles. The fourth-order valence-corrected chi connectivity index (χ4v) is 4.43. The van der Waals surface area contributed by atoms with Gasteiger partial charge in [-0.3, -0.25) is 0 Å². The highest BCUT2D eigenvalue weighted by Gasteiger charge is 2.36. The zero-order valence-electron chi connectivity index (χ0n) is 19.5. The number of hydrogen-bond donors (Lipinski definition) is 3. The number of para-hydroxylation sites is 1. The monoisotopic (exact) mass is 484 g/mol. The molecule has 1 aliphatic rings. The van der Waals surface area contributed by atoms with E-state index in [0.717, 1.165) is 43.0 Å². The standard InChI is InChI=1S/C24H27F3N8/c1-14(2)12-35-13-30-19-20(35)16-7-3-4-8-18(16)32-22(19)33-21-17(24(25,26)27)11-29-23(34-21)31-15-6-5-9-28-10-15/h3-4,7-8,11,13-15,28H,5-6,9-10,12H2,1-2H3,(H2,29,31,32,33,34)/t15-/m0/s1. The van der Waals surface area contributed by atoms with Crippen LogP contribution in [0.1, 0.15) is 32.3 Å². The number of piperidine rings is 1. The molecule has 3 N–H and O–H groups in total. The Morgan fingerprint density at radius 2 is 1.97 bits per heavy atom. The lowest BCUT2D eigenvalue weighted by Gasteiger charge is -2.24. The van der Waals surface area contributed by atoms with E-state index in [-0.39, 0.29) is 23.6 Å². The number of nitrogens with zero attached hydrogens (tertiary/aromatic N) is 5. The Labute approximate surface area is 200 Å². The molecule has 0 spiro atoms. The summed E-state index contributed by atoms with van der Waals surface area (Å²) in [7, 11) is 0. The Hall–Kier alpha value is -3.47. The number of imidazole rings is 1. The van der Waals surface area contributed by atoms with Crippen molar-refractivity contribution in [3.63, 3.8) is 0 Å². The molecule has 184 valence electrons. The summed E-state index contributed by atoms with van der Waals surface area (Å²) in [4.78, 5) is 17.3. The number of alkyl halides is 3. The maximum Gasteiger partial charge on any atom is 0.421 e. The topological polar surface area (TPSA) is 92.6 Å². The summed E-state index contributed by atoms with van der Waals surface area (Å²) in [5.74, 6) is 0.353. The molecule has 8 nitrogen and oxygen atoms in total. The highest BCUT2D eigenvalue weighted by atomic mass is 19.4. The Balaban J connectivity index is 1.59. The second-order valence-corrected chi connectivity index (χ2v) is 9.23. The molecular weight excluding hydrogens is 457 g/mol. The minimum absolute atomic E-state index is 0.0468. The maximum atomic E-state index is 13.9. The Bertz CT molecular complexity index is 1340. The molecule has 35 heavy (non-hydrogen) atoms. The van der Waals surface area contributed by atoms with Crippen molar-refractivity contribution in [2.24, 2.45) is 5.92 Å². The molecule has 3 aromatic heterocycles. The summed E-state index contributed by atoms with van der Waals surface area (Å²) in [5.41, 5.74) is 1.000. The van der Waals surface area contributed by atoms with Crippen LogP contribution in [0.15, 0.2) is 36.8 Å². The Morgan fingerprint density at radius 3 is 2.71 bits per heavy atom. The van der Waals surface area contributed by atoms with Gasteiger partial charge in [0.1, 0.15) is 16.9 Å². The lowest BCUT2D eigenvalue weighted by atomic mass is 10.1. The van der Waals surface area contributed by atoms with Crippen molar-refractivity contribution in [1.29, 1.82) is 0 Å². The average molecular weight is 485 g/mol. The number of anilines is 3. The van der Waals surface area contributed by atoms with Crippen molar-refractivity contribution in [3.8, 4) is 0 Å². The number of benzene rings is 1. The molecule has 1 saturated heterocycles. The predicted octanol–water partition coefficient (Wildman–Crippen LogP) is 4.96. The van der Waals surface area contributed by atoms with Gasteiger partial charge < -0.3 is 20.5 Å². The molecule has 11 heteroatoms. The number of nitrogens with one attached hydrogen (secondary N) is 3. The molecule has 0 aliphatic carbocycles. The highest BCUT2D eigenvalue weighted by molar-refractivity contribution is 6.07. The normalized spacial score (nSPS) is 16.8. The van der Waals surface area contributed by atoms with E-state index in [2.05, 4.69) is 49.7 Å². The van der Waals surface area contributed by atoms with E-state index in [1.54, 1.807) is 6.33 Å². The second kappa shape index (κ2) is 9.29.